The number of hydrogen-bond acceptors (Lipinski definition) is 3. The molecule has 0 aliphatic carbocycles. The summed E-state index contributed by atoms with van der Waals surface area (Å²) in [6.07, 6.45) is 0. The second-order valence-electron chi connectivity index (χ2n) is 4.39. The number of para-hydroxylation sites is 1. The van der Waals surface area contributed by atoms with Gasteiger partial charge >= 0.3 is 0 Å². The Labute approximate surface area is 145 Å². The molecule has 22 heavy (non-hydrogen) atoms. The molecule has 0 spiro atoms. The van der Waals surface area contributed by atoms with Gasteiger partial charge in [0.1, 0.15) is 10.3 Å². The molecule has 2 aromatic rings. The molecule has 0 fully saturated rings. The van der Waals surface area contributed by atoms with Crippen molar-refractivity contribution in [3.63, 3.8) is 0 Å². The van der Waals surface area contributed by atoms with Crippen molar-refractivity contribution in [2.75, 3.05) is 11.9 Å². The summed E-state index contributed by atoms with van der Waals surface area (Å²) in [7, 11) is 0. The predicted molar refractivity (Wildman–Crippen MR) is 93.3 cm³/mol. The first-order valence-electron chi connectivity index (χ1n) is 6.53. The van der Waals surface area contributed by atoms with E-state index in [4.69, 9.17) is 23.2 Å². The van der Waals surface area contributed by atoms with E-state index in [1.807, 2.05) is 31.2 Å². The Kier molecular flexibility index (Phi) is 7.62. The monoisotopic (exact) mass is 359 g/mol. The highest BCUT2D eigenvalue weighted by molar-refractivity contribution is 6.33. The van der Waals surface area contributed by atoms with Crippen molar-refractivity contribution in [1.29, 1.82) is 0 Å². The molecular formula is C15H16Cl3N3O. The summed E-state index contributed by atoms with van der Waals surface area (Å²) in [5, 5.41) is 6.48. The van der Waals surface area contributed by atoms with Gasteiger partial charge in [0.2, 0.25) is 0 Å². The second kappa shape index (κ2) is 8.96. The lowest BCUT2D eigenvalue weighted by Crippen LogP contribution is -2.17. The number of nitrogens with one attached hydrogen (secondary N) is 2. The molecule has 1 aromatic heterocycles. The second-order valence-corrected chi connectivity index (χ2v) is 5.17. The fraction of sp³-hybridized carbons (Fsp3) is 0.200. The van der Waals surface area contributed by atoms with E-state index in [1.165, 1.54) is 12.1 Å². The van der Waals surface area contributed by atoms with Gasteiger partial charge in [-0.15, -0.1) is 12.4 Å². The van der Waals surface area contributed by atoms with E-state index in [0.29, 0.717) is 12.1 Å². The predicted octanol–water partition coefficient (Wildman–Crippen LogP) is 4.17. The normalized spacial score (nSPS) is 9.95. The summed E-state index contributed by atoms with van der Waals surface area (Å²) in [5.74, 6) is -0.273. The third-order valence-electron chi connectivity index (χ3n) is 2.86. The number of halogens is 3. The van der Waals surface area contributed by atoms with Gasteiger partial charge in [0, 0.05) is 17.8 Å². The molecule has 1 aromatic carbocycles. The number of hydrogen-bond donors (Lipinski definition) is 2. The molecule has 0 aliphatic rings. The molecule has 4 nitrogen and oxygen atoms in total. The maximum absolute atomic E-state index is 12.3. The van der Waals surface area contributed by atoms with Crippen LogP contribution in [0.3, 0.4) is 0 Å². The first-order valence-corrected chi connectivity index (χ1v) is 7.29. The van der Waals surface area contributed by atoms with Crippen molar-refractivity contribution in [2.45, 2.75) is 13.5 Å². The van der Waals surface area contributed by atoms with Gasteiger partial charge in [0.25, 0.3) is 5.91 Å². The maximum atomic E-state index is 12.3. The maximum Gasteiger partial charge on any atom is 0.255 e. The minimum absolute atomic E-state index is 0. The average Bonchev–Trinajstić information content (AvgIpc) is 2.45. The average molecular weight is 361 g/mol. The number of carbonyl (C=O) groups excluding carboxylic acids is 1. The van der Waals surface area contributed by atoms with Crippen LogP contribution in [0.25, 0.3) is 0 Å². The number of aromatic nitrogens is 1. The Morgan fingerprint density at radius 1 is 1.18 bits per heavy atom. The van der Waals surface area contributed by atoms with E-state index in [-0.39, 0.29) is 28.6 Å². The largest absolute Gasteiger partial charge is 0.322 e. The number of rotatable bonds is 5. The third kappa shape index (κ3) is 5.14. The third-order valence-corrected chi connectivity index (χ3v) is 3.24. The molecule has 0 saturated carbocycles. The highest BCUT2D eigenvalue weighted by atomic mass is 35.5. The summed E-state index contributed by atoms with van der Waals surface area (Å²) in [5.41, 5.74) is 2.14. The van der Waals surface area contributed by atoms with Gasteiger partial charge in [0.05, 0.1) is 0 Å². The Morgan fingerprint density at radius 3 is 2.45 bits per heavy atom. The summed E-state index contributed by atoms with van der Waals surface area (Å²) in [6, 6.07) is 10.6. The minimum Gasteiger partial charge on any atom is -0.322 e. The van der Waals surface area contributed by atoms with Crippen LogP contribution < -0.4 is 10.6 Å². The molecule has 2 N–H and O–H groups in total. The molecule has 0 saturated heterocycles. The van der Waals surface area contributed by atoms with Crippen LogP contribution in [0.15, 0.2) is 36.4 Å². The Bertz CT molecular complexity index is 629. The van der Waals surface area contributed by atoms with Crippen LogP contribution in [0, 0.1) is 0 Å². The van der Waals surface area contributed by atoms with Crippen LogP contribution in [0.1, 0.15) is 22.8 Å². The van der Waals surface area contributed by atoms with Crippen molar-refractivity contribution >= 4 is 47.2 Å². The van der Waals surface area contributed by atoms with Gasteiger partial charge in [-0.05, 0) is 30.3 Å². The first kappa shape index (κ1) is 18.7. The summed E-state index contributed by atoms with van der Waals surface area (Å²) < 4.78 is 0. The van der Waals surface area contributed by atoms with Crippen LogP contribution in [-0.4, -0.2) is 17.4 Å². The Hall–Kier alpha value is -1.33. The van der Waals surface area contributed by atoms with Crippen LogP contribution in [0.2, 0.25) is 10.3 Å². The molecule has 0 atom stereocenters. The van der Waals surface area contributed by atoms with E-state index in [2.05, 4.69) is 15.6 Å². The summed E-state index contributed by atoms with van der Waals surface area (Å²) >= 11 is 11.6. The fourth-order valence-electron chi connectivity index (χ4n) is 1.85. The minimum atomic E-state index is -0.273. The van der Waals surface area contributed by atoms with Crippen molar-refractivity contribution in [2.24, 2.45) is 0 Å². The number of carbonyl (C=O) groups is 1. The van der Waals surface area contributed by atoms with Crippen molar-refractivity contribution in [1.82, 2.24) is 10.3 Å². The Morgan fingerprint density at radius 2 is 1.82 bits per heavy atom. The quantitative estimate of drug-likeness (QED) is 0.787. The van der Waals surface area contributed by atoms with Crippen LogP contribution >= 0.6 is 35.6 Å². The number of benzene rings is 1. The molecule has 1 amide bonds. The van der Waals surface area contributed by atoms with Gasteiger partial charge in [-0.25, -0.2) is 4.98 Å². The Balaban J connectivity index is 0.00000242. The van der Waals surface area contributed by atoms with Crippen molar-refractivity contribution in [3.05, 3.63) is 57.8 Å². The van der Waals surface area contributed by atoms with Crippen molar-refractivity contribution < 1.29 is 4.79 Å². The van der Waals surface area contributed by atoms with Crippen molar-refractivity contribution in [3.8, 4) is 0 Å². The van der Waals surface area contributed by atoms with Gasteiger partial charge < -0.3 is 10.6 Å². The number of pyridine rings is 1. The zero-order chi connectivity index (χ0) is 15.2. The highest BCUT2D eigenvalue weighted by Gasteiger charge is 2.11. The van der Waals surface area contributed by atoms with Gasteiger partial charge in [0.15, 0.2) is 0 Å². The lowest BCUT2D eigenvalue weighted by atomic mass is 10.1. The van der Waals surface area contributed by atoms with E-state index in [9.17, 15) is 4.79 Å². The first-order chi connectivity index (χ1) is 10.1. The van der Waals surface area contributed by atoms with Crippen LogP contribution in [0.4, 0.5) is 5.69 Å². The lowest BCUT2D eigenvalue weighted by molar-refractivity contribution is 0.102. The smallest absolute Gasteiger partial charge is 0.255 e. The topological polar surface area (TPSA) is 54.0 Å². The zero-order valence-electron chi connectivity index (χ0n) is 11.9. The lowest BCUT2D eigenvalue weighted by Gasteiger charge is -2.11. The van der Waals surface area contributed by atoms with E-state index in [0.717, 1.165) is 17.8 Å². The molecule has 1 heterocycles. The van der Waals surface area contributed by atoms with Crippen LogP contribution in [-0.2, 0) is 6.54 Å². The SMILES string of the molecule is CCNCc1ccccc1NC(=O)c1cc(Cl)nc(Cl)c1.Cl. The molecule has 7 heteroatoms. The molecule has 0 unspecified atom stereocenters. The summed E-state index contributed by atoms with van der Waals surface area (Å²) in [6.45, 7) is 3.57. The van der Waals surface area contributed by atoms with E-state index in [1.54, 1.807) is 0 Å². The number of anilines is 1. The fourth-order valence-corrected chi connectivity index (χ4v) is 2.31. The molecular weight excluding hydrogens is 345 g/mol. The molecule has 0 radical (unpaired) electrons. The van der Waals surface area contributed by atoms with Gasteiger partial charge in [-0.1, -0.05) is 48.3 Å². The highest BCUT2D eigenvalue weighted by Crippen LogP contribution is 2.19. The zero-order valence-corrected chi connectivity index (χ0v) is 14.2. The van der Waals surface area contributed by atoms with E-state index >= 15 is 0 Å². The molecule has 0 aliphatic heterocycles. The van der Waals surface area contributed by atoms with Crippen LogP contribution in [0.5, 0.6) is 0 Å². The molecule has 0 bridgehead atoms. The molecule has 2 rings (SSSR count). The molecule has 118 valence electrons. The van der Waals surface area contributed by atoms with Gasteiger partial charge in [-0.3, -0.25) is 4.79 Å². The van der Waals surface area contributed by atoms with Gasteiger partial charge in [-0.2, -0.15) is 0 Å². The van der Waals surface area contributed by atoms with E-state index < -0.39 is 0 Å². The standard InChI is InChI=1S/C15H15Cl2N3O.ClH/c1-2-18-9-10-5-3-4-6-12(10)19-15(21)11-7-13(16)20-14(17)8-11;/h3-8,18H,2,9H2,1H3,(H,19,21);1H. The number of nitrogens with zero attached hydrogens (tertiary/aromatic N) is 1. The number of amides is 1. The summed E-state index contributed by atoms with van der Waals surface area (Å²) in [4.78, 5) is 16.1.